The number of amides is 3. The van der Waals surface area contributed by atoms with Crippen LogP contribution in [-0.2, 0) is 16.0 Å². The molecule has 0 saturated carbocycles. The predicted molar refractivity (Wildman–Crippen MR) is 139 cm³/mol. The van der Waals surface area contributed by atoms with Gasteiger partial charge in [0.05, 0.1) is 24.0 Å². The summed E-state index contributed by atoms with van der Waals surface area (Å²) in [6, 6.07) is 9.66. The fourth-order valence-electron chi connectivity index (χ4n) is 4.71. The molecule has 0 unspecified atom stereocenters. The highest BCUT2D eigenvalue weighted by atomic mass is 16.4. The number of aliphatic carboxylic acids is 1. The van der Waals surface area contributed by atoms with Crippen LogP contribution in [0.25, 0.3) is 33.1 Å². The predicted octanol–water partition coefficient (Wildman–Crippen LogP) is 2.36. The van der Waals surface area contributed by atoms with Crippen molar-refractivity contribution in [3.8, 4) is 11.1 Å². The number of hydrogen-bond donors (Lipinski definition) is 3. The Bertz CT molecular complexity index is 1600. The largest absolute Gasteiger partial charge is 0.548 e. The third kappa shape index (κ3) is 5.24. The summed E-state index contributed by atoms with van der Waals surface area (Å²) in [7, 11) is 0. The van der Waals surface area contributed by atoms with Crippen molar-refractivity contribution in [3.05, 3.63) is 69.3 Å². The van der Waals surface area contributed by atoms with Gasteiger partial charge in [-0.3, -0.25) is 4.79 Å². The Balaban J connectivity index is 1.67. The molecule has 0 bridgehead atoms. The Kier molecular flexibility index (Phi) is 7.52. The lowest BCUT2D eigenvalue weighted by atomic mass is 9.96. The zero-order valence-electron chi connectivity index (χ0n) is 21.3. The van der Waals surface area contributed by atoms with Crippen molar-refractivity contribution in [2.24, 2.45) is 5.73 Å². The van der Waals surface area contributed by atoms with Crippen LogP contribution in [0.3, 0.4) is 0 Å². The zero-order chi connectivity index (χ0) is 27.6. The van der Waals surface area contributed by atoms with Gasteiger partial charge in [-0.2, -0.15) is 0 Å². The van der Waals surface area contributed by atoms with E-state index in [4.69, 9.17) is 14.6 Å². The van der Waals surface area contributed by atoms with Gasteiger partial charge in [-0.15, -0.1) is 0 Å². The SMILES string of the molecule is Cc1oc2c(C)c3oc(=O)c(CC(=O)N[C@@H](CCCNC(N)=O)C(=O)[O-])c(C)c3cc2c1-c1ccccc1. The minimum absolute atomic E-state index is 0.0128. The van der Waals surface area contributed by atoms with E-state index in [9.17, 15) is 24.3 Å². The van der Waals surface area contributed by atoms with Crippen molar-refractivity contribution < 1.29 is 28.3 Å². The summed E-state index contributed by atoms with van der Waals surface area (Å²) >= 11 is 0. The molecule has 4 rings (SSSR count). The summed E-state index contributed by atoms with van der Waals surface area (Å²) in [4.78, 5) is 47.9. The summed E-state index contributed by atoms with van der Waals surface area (Å²) in [5.41, 5.74) is 8.55. The maximum absolute atomic E-state index is 12.9. The second kappa shape index (κ2) is 10.8. The molecule has 3 amide bonds. The molecular weight excluding hydrogens is 490 g/mol. The number of carbonyl (C=O) groups excluding carboxylic acids is 3. The fourth-order valence-corrected chi connectivity index (χ4v) is 4.71. The van der Waals surface area contributed by atoms with Gasteiger partial charge in [0.1, 0.15) is 16.9 Å². The molecule has 198 valence electrons. The normalized spacial score (nSPS) is 12.0. The number of carboxylic acids is 1. The number of aryl methyl sites for hydroxylation is 3. The Morgan fingerprint density at radius 1 is 1.00 bits per heavy atom. The van der Waals surface area contributed by atoms with E-state index in [-0.39, 0.29) is 31.4 Å². The second-order valence-corrected chi connectivity index (χ2v) is 9.20. The van der Waals surface area contributed by atoms with Gasteiger partial charge < -0.3 is 35.1 Å². The third-order valence-corrected chi connectivity index (χ3v) is 6.62. The Hall–Kier alpha value is -4.60. The van der Waals surface area contributed by atoms with E-state index in [1.165, 1.54) is 0 Å². The van der Waals surface area contributed by atoms with Gasteiger partial charge in [0, 0.05) is 28.4 Å². The molecule has 0 saturated heterocycles. The highest BCUT2D eigenvalue weighted by Crippen LogP contribution is 2.39. The number of primary amides is 1. The topological polar surface area (TPSA) is 168 Å². The molecule has 0 fully saturated rings. The number of fused-ring (bicyclic) bond motifs is 2. The van der Waals surface area contributed by atoms with Gasteiger partial charge in [0.15, 0.2) is 0 Å². The molecule has 2 heterocycles. The van der Waals surface area contributed by atoms with E-state index in [0.29, 0.717) is 27.7 Å². The van der Waals surface area contributed by atoms with Crippen molar-refractivity contribution in [1.29, 1.82) is 0 Å². The highest BCUT2D eigenvalue weighted by molar-refractivity contribution is 6.06. The number of benzene rings is 2. The van der Waals surface area contributed by atoms with Gasteiger partial charge in [0.2, 0.25) is 5.91 Å². The fraction of sp³-hybridized carbons (Fsp3) is 0.286. The molecule has 10 nitrogen and oxygen atoms in total. The lowest BCUT2D eigenvalue weighted by Crippen LogP contribution is -2.48. The molecule has 4 aromatic rings. The van der Waals surface area contributed by atoms with Crippen LogP contribution in [0.15, 0.2) is 50.0 Å². The molecule has 38 heavy (non-hydrogen) atoms. The van der Waals surface area contributed by atoms with E-state index in [1.54, 1.807) is 6.92 Å². The molecule has 0 aliphatic heterocycles. The van der Waals surface area contributed by atoms with Crippen LogP contribution in [0.1, 0.15) is 35.3 Å². The summed E-state index contributed by atoms with van der Waals surface area (Å²) < 4.78 is 11.7. The van der Waals surface area contributed by atoms with Gasteiger partial charge >= 0.3 is 11.7 Å². The number of carboxylic acid groups (broad SMARTS) is 1. The summed E-state index contributed by atoms with van der Waals surface area (Å²) in [6.45, 7) is 5.57. The average Bonchev–Trinajstić information content (AvgIpc) is 3.21. The monoisotopic (exact) mass is 518 g/mol. The van der Waals surface area contributed by atoms with Crippen LogP contribution in [0.4, 0.5) is 4.79 Å². The minimum atomic E-state index is -1.47. The molecule has 2 aromatic carbocycles. The summed E-state index contributed by atoms with van der Waals surface area (Å²) in [5, 5.41) is 17.8. The van der Waals surface area contributed by atoms with Crippen molar-refractivity contribution >= 4 is 39.8 Å². The Morgan fingerprint density at radius 3 is 2.34 bits per heavy atom. The molecule has 0 aliphatic rings. The average molecular weight is 519 g/mol. The van der Waals surface area contributed by atoms with Gasteiger partial charge in [-0.1, -0.05) is 30.3 Å². The molecule has 10 heteroatoms. The van der Waals surface area contributed by atoms with Gasteiger partial charge in [-0.25, -0.2) is 9.59 Å². The van der Waals surface area contributed by atoms with Crippen molar-refractivity contribution in [1.82, 2.24) is 10.6 Å². The molecule has 2 aromatic heterocycles. The van der Waals surface area contributed by atoms with Crippen LogP contribution < -0.4 is 27.1 Å². The number of nitrogens with two attached hydrogens (primary N) is 1. The van der Waals surface area contributed by atoms with E-state index < -0.39 is 29.6 Å². The molecule has 4 N–H and O–H groups in total. The zero-order valence-corrected chi connectivity index (χ0v) is 21.3. The number of rotatable bonds is 9. The maximum Gasteiger partial charge on any atom is 0.340 e. The highest BCUT2D eigenvalue weighted by Gasteiger charge is 2.22. The summed E-state index contributed by atoms with van der Waals surface area (Å²) in [5.74, 6) is -1.41. The van der Waals surface area contributed by atoms with E-state index in [0.717, 1.165) is 22.3 Å². The van der Waals surface area contributed by atoms with Gasteiger partial charge in [0.25, 0.3) is 0 Å². The number of furan rings is 1. The lowest BCUT2D eigenvalue weighted by molar-refractivity contribution is -0.308. The standard InChI is InChI=1S/C28H29N3O7/c1-14-18-12-20-23(17-8-5-4-6-9-17)16(3)37-25(20)15(2)24(18)38-27(35)19(14)13-22(32)31-21(26(33)34)10-7-11-30-28(29)36/h4-6,8-9,12,21H,7,10-11,13H2,1-3H3,(H,31,32)(H,33,34)(H3,29,30,36)/p-1/t21-/m0/s1. The first-order chi connectivity index (χ1) is 18.1. The number of urea groups is 1. The molecule has 0 radical (unpaired) electrons. The second-order valence-electron chi connectivity index (χ2n) is 9.20. The Morgan fingerprint density at radius 2 is 1.68 bits per heavy atom. The minimum Gasteiger partial charge on any atom is -0.548 e. The first kappa shape index (κ1) is 26.5. The van der Waals surface area contributed by atoms with Crippen molar-refractivity contribution in [2.45, 2.75) is 46.1 Å². The van der Waals surface area contributed by atoms with Crippen LogP contribution in [0.5, 0.6) is 0 Å². The van der Waals surface area contributed by atoms with E-state index in [2.05, 4.69) is 10.6 Å². The number of nitrogens with one attached hydrogen (secondary N) is 2. The molecule has 0 spiro atoms. The third-order valence-electron chi connectivity index (χ3n) is 6.62. The molecule has 1 atom stereocenters. The molecule has 0 aliphatic carbocycles. The first-order valence-corrected chi connectivity index (χ1v) is 12.2. The first-order valence-electron chi connectivity index (χ1n) is 12.2. The van der Waals surface area contributed by atoms with Crippen LogP contribution in [0.2, 0.25) is 0 Å². The summed E-state index contributed by atoms with van der Waals surface area (Å²) in [6.07, 6.45) is -0.110. The van der Waals surface area contributed by atoms with Crippen LogP contribution in [0, 0.1) is 20.8 Å². The van der Waals surface area contributed by atoms with Crippen LogP contribution in [-0.4, -0.2) is 30.5 Å². The van der Waals surface area contributed by atoms with E-state index in [1.807, 2.05) is 50.2 Å². The smallest absolute Gasteiger partial charge is 0.340 e. The van der Waals surface area contributed by atoms with Gasteiger partial charge in [-0.05, 0) is 50.8 Å². The maximum atomic E-state index is 12.9. The number of hydrogen-bond acceptors (Lipinski definition) is 7. The Labute approximate surface area is 217 Å². The lowest BCUT2D eigenvalue weighted by Gasteiger charge is -2.20. The van der Waals surface area contributed by atoms with E-state index >= 15 is 0 Å². The van der Waals surface area contributed by atoms with Crippen molar-refractivity contribution in [3.63, 3.8) is 0 Å². The van der Waals surface area contributed by atoms with Crippen LogP contribution >= 0.6 is 0 Å². The van der Waals surface area contributed by atoms with Crippen molar-refractivity contribution in [2.75, 3.05) is 6.54 Å². The molecular formula is C28H28N3O7-. The number of carbonyl (C=O) groups is 3. The quantitative estimate of drug-likeness (QED) is 0.226.